The van der Waals surface area contributed by atoms with Crippen LogP contribution in [0.25, 0.3) is 5.70 Å². The minimum Gasteiger partial charge on any atom is -0.296 e. The van der Waals surface area contributed by atoms with Crippen LogP contribution in [0.5, 0.6) is 0 Å². The van der Waals surface area contributed by atoms with Gasteiger partial charge in [-0.2, -0.15) is 5.26 Å². The molecule has 2 aliphatic rings. The van der Waals surface area contributed by atoms with Crippen molar-refractivity contribution in [2.75, 3.05) is 0 Å². The topological polar surface area (TPSA) is 41.6 Å². The molecule has 2 atom stereocenters. The number of rotatable bonds is 1. The van der Waals surface area contributed by atoms with E-state index in [4.69, 9.17) is 11.6 Å². The van der Waals surface area contributed by atoms with Crippen molar-refractivity contribution < 1.29 is 0 Å². The van der Waals surface area contributed by atoms with Crippen LogP contribution in [-0.2, 0) is 6.42 Å². The van der Waals surface area contributed by atoms with Crippen LogP contribution in [0, 0.1) is 11.3 Å². The van der Waals surface area contributed by atoms with Crippen LogP contribution in [0.1, 0.15) is 16.4 Å². The maximum atomic E-state index is 9.45. The third-order valence-electron chi connectivity index (χ3n) is 3.72. The molecule has 0 radical (unpaired) electrons. The Bertz CT molecular complexity index is 777. The van der Waals surface area contributed by atoms with Crippen molar-refractivity contribution in [2.24, 2.45) is 0 Å². The Kier molecular flexibility index (Phi) is 3.26. The summed E-state index contributed by atoms with van der Waals surface area (Å²) in [6.07, 6.45) is 6.20. The van der Waals surface area contributed by atoms with Gasteiger partial charge in [-0.15, -0.1) is 23.5 Å². The number of hydrogen-bond donors (Lipinski definition) is 0. The van der Waals surface area contributed by atoms with Gasteiger partial charge >= 0.3 is 0 Å². The summed E-state index contributed by atoms with van der Waals surface area (Å²) in [7, 11) is 0. The zero-order valence-electron chi connectivity index (χ0n) is 10.9. The fourth-order valence-corrected chi connectivity index (χ4v) is 6.39. The van der Waals surface area contributed by atoms with Crippen molar-refractivity contribution in [3.05, 3.63) is 57.3 Å². The minimum absolute atomic E-state index is 0.420. The molecule has 1 aromatic carbocycles. The molecule has 2 heterocycles. The Balaban J connectivity index is 1.71. The first kappa shape index (κ1) is 13.3. The van der Waals surface area contributed by atoms with E-state index in [0.29, 0.717) is 16.2 Å². The van der Waals surface area contributed by atoms with E-state index in [9.17, 15) is 5.26 Å². The molecule has 2 unspecified atom stereocenters. The van der Waals surface area contributed by atoms with Crippen LogP contribution in [-0.4, -0.2) is 14.8 Å². The number of aromatic nitrogens is 2. The lowest BCUT2D eigenvalue weighted by molar-refractivity contribution is 0.928. The summed E-state index contributed by atoms with van der Waals surface area (Å²) in [5, 5.41) is 11.2. The Hall–Kier alpha value is -1.35. The van der Waals surface area contributed by atoms with Crippen molar-refractivity contribution >= 4 is 40.8 Å². The summed E-state index contributed by atoms with van der Waals surface area (Å²) >= 11 is 9.66. The Labute approximate surface area is 136 Å². The van der Waals surface area contributed by atoms with Crippen molar-refractivity contribution in [3.8, 4) is 6.07 Å². The zero-order valence-corrected chi connectivity index (χ0v) is 13.3. The number of halogens is 1. The number of nitriles is 1. The smallest absolute Gasteiger partial charge is 0.145 e. The summed E-state index contributed by atoms with van der Waals surface area (Å²) in [6, 6.07) is 8.46. The molecule has 0 N–H and O–H groups in total. The minimum atomic E-state index is 0.420. The summed E-state index contributed by atoms with van der Waals surface area (Å²) in [5.74, 6) is 0. The summed E-state index contributed by atoms with van der Waals surface area (Å²) in [6.45, 7) is 0. The number of benzene rings is 1. The monoisotopic (exact) mass is 331 g/mol. The lowest BCUT2D eigenvalue weighted by atomic mass is 10.1. The van der Waals surface area contributed by atoms with E-state index in [1.165, 1.54) is 11.1 Å². The highest BCUT2D eigenvalue weighted by atomic mass is 35.5. The van der Waals surface area contributed by atoms with Crippen LogP contribution in [0.3, 0.4) is 0 Å². The fourth-order valence-electron chi connectivity index (χ4n) is 2.79. The van der Waals surface area contributed by atoms with Gasteiger partial charge in [-0.3, -0.25) is 4.57 Å². The molecular weight excluding hydrogens is 322 g/mol. The lowest BCUT2D eigenvalue weighted by Gasteiger charge is -2.07. The van der Waals surface area contributed by atoms with Gasteiger partial charge in [-0.25, -0.2) is 4.98 Å². The maximum Gasteiger partial charge on any atom is 0.145 e. The zero-order chi connectivity index (χ0) is 14.4. The largest absolute Gasteiger partial charge is 0.296 e. The van der Waals surface area contributed by atoms with Gasteiger partial charge in [0.05, 0.1) is 10.6 Å². The molecule has 6 heteroatoms. The van der Waals surface area contributed by atoms with E-state index in [0.717, 1.165) is 15.7 Å². The van der Waals surface area contributed by atoms with Crippen LogP contribution in [0.15, 0.2) is 41.2 Å². The Morgan fingerprint density at radius 3 is 3.10 bits per heavy atom. The lowest BCUT2D eigenvalue weighted by Crippen LogP contribution is -1.99. The molecular formula is C15H10ClN3S2. The first-order chi connectivity index (χ1) is 10.3. The van der Waals surface area contributed by atoms with E-state index in [-0.39, 0.29) is 0 Å². The van der Waals surface area contributed by atoms with Gasteiger partial charge in [0, 0.05) is 27.9 Å². The first-order valence-corrected chi connectivity index (χ1v) is 8.64. The Morgan fingerprint density at radius 2 is 2.33 bits per heavy atom. The molecule has 0 amide bonds. The van der Waals surface area contributed by atoms with E-state index in [1.807, 2.05) is 12.3 Å². The first-order valence-electron chi connectivity index (χ1n) is 6.50. The molecule has 0 spiro atoms. The van der Waals surface area contributed by atoms with Crippen molar-refractivity contribution in [1.82, 2.24) is 9.55 Å². The van der Waals surface area contributed by atoms with Crippen molar-refractivity contribution in [1.29, 1.82) is 5.26 Å². The predicted molar refractivity (Wildman–Crippen MR) is 87.9 cm³/mol. The number of imidazole rings is 1. The SMILES string of the molecule is N#CC(=C1SC2Cc3cc(Cl)ccc3C2S1)n1ccnc1. The molecule has 1 aliphatic carbocycles. The molecule has 1 saturated heterocycles. The van der Waals surface area contributed by atoms with Gasteiger partial charge < -0.3 is 0 Å². The summed E-state index contributed by atoms with van der Waals surface area (Å²) in [5.41, 5.74) is 3.38. The third kappa shape index (κ3) is 2.18. The molecule has 1 fully saturated rings. The van der Waals surface area contributed by atoms with E-state index < -0.39 is 0 Å². The van der Waals surface area contributed by atoms with Crippen LogP contribution < -0.4 is 0 Å². The number of allylic oxidation sites excluding steroid dienone is 1. The predicted octanol–water partition coefficient (Wildman–Crippen LogP) is 4.33. The molecule has 1 aromatic heterocycles. The average Bonchev–Trinajstić information content (AvgIpc) is 3.15. The number of thioether (sulfide) groups is 2. The molecule has 1 aliphatic heterocycles. The third-order valence-corrected chi connectivity index (χ3v) is 7.10. The highest BCUT2D eigenvalue weighted by Gasteiger charge is 2.41. The normalized spacial score (nSPS) is 25.3. The summed E-state index contributed by atoms with van der Waals surface area (Å²) < 4.78 is 2.88. The van der Waals surface area contributed by atoms with Crippen LogP contribution >= 0.6 is 35.1 Å². The molecule has 0 saturated carbocycles. The Morgan fingerprint density at radius 1 is 1.43 bits per heavy atom. The highest BCUT2D eigenvalue weighted by molar-refractivity contribution is 8.26. The molecule has 104 valence electrons. The van der Waals surface area contributed by atoms with Gasteiger partial charge in [-0.1, -0.05) is 17.7 Å². The van der Waals surface area contributed by atoms with Gasteiger partial charge in [-0.05, 0) is 29.7 Å². The van der Waals surface area contributed by atoms with Gasteiger partial charge in [0.25, 0.3) is 0 Å². The average molecular weight is 332 g/mol. The molecule has 3 nitrogen and oxygen atoms in total. The molecule has 21 heavy (non-hydrogen) atoms. The second kappa shape index (κ2) is 5.13. The van der Waals surface area contributed by atoms with E-state index in [1.54, 1.807) is 40.6 Å². The highest BCUT2D eigenvalue weighted by Crippen LogP contribution is 2.61. The number of hydrogen-bond acceptors (Lipinski definition) is 4. The summed E-state index contributed by atoms with van der Waals surface area (Å²) in [4.78, 5) is 4.02. The van der Waals surface area contributed by atoms with Gasteiger partial charge in [0.15, 0.2) is 0 Å². The molecule has 4 rings (SSSR count). The van der Waals surface area contributed by atoms with Crippen LogP contribution in [0.2, 0.25) is 5.02 Å². The van der Waals surface area contributed by atoms with Crippen molar-refractivity contribution in [2.45, 2.75) is 16.9 Å². The van der Waals surface area contributed by atoms with Crippen LogP contribution in [0.4, 0.5) is 0 Å². The number of fused-ring (bicyclic) bond motifs is 3. The second-order valence-electron chi connectivity index (χ2n) is 4.96. The van der Waals surface area contributed by atoms with Gasteiger partial charge in [0.2, 0.25) is 0 Å². The maximum absolute atomic E-state index is 9.45. The quantitative estimate of drug-likeness (QED) is 0.729. The molecule has 0 bridgehead atoms. The van der Waals surface area contributed by atoms with Gasteiger partial charge in [0.1, 0.15) is 11.8 Å². The molecule has 2 aromatic rings. The van der Waals surface area contributed by atoms with E-state index in [2.05, 4.69) is 23.2 Å². The number of nitrogens with zero attached hydrogens (tertiary/aromatic N) is 3. The van der Waals surface area contributed by atoms with E-state index >= 15 is 0 Å². The standard InChI is InChI=1S/C15H10ClN3S2/c16-10-1-2-11-9(5-10)6-13-14(11)21-15(20-13)12(7-17)19-4-3-18-8-19/h1-5,8,13-14H,6H2. The fraction of sp³-hybridized carbons (Fsp3) is 0.200. The second-order valence-corrected chi connectivity index (χ2v) is 8.06. The van der Waals surface area contributed by atoms with Crippen molar-refractivity contribution in [3.63, 3.8) is 0 Å².